The summed E-state index contributed by atoms with van der Waals surface area (Å²) in [5.74, 6) is 0.629. The van der Waals surface area contributed by atoms with E-state index in [4.69, 9.17) is 5.26 Å². The van der Waals surface area contributed by atoms with Crippen LogP contribution >= 0.6 is 11.3 Å². The number of nitriles is 1. The monoisotopic (exact) mass is 202 g/mol. The average Bonchev–Trinajstić information content (AvgIpc) is 2.61. The fourth-order valence-corrected chi connectivity index (χ4v) is 1.88. The Labute approximate surface area is 84.9 Å². The van der Waals surface area contributed by atoms with Crippen LogP contribution in [0.5, 0.6) is 0 Å². The molecule has 2 heterocycles. The zero-order valence-electron chi connectivity index (χ0n) is 7.43. The van der Waals surface area contributed by atoms with Gasteiger partial charge in [0.15, 0.2) is 10.8 Å². The number of hydrogen-bond donors (Lipinski definition) is 0. The number of rotatable bonds is 1. The molecule has 0 amide bonds. The molecule has 68 valence electrons. The molecule has 0 aliphatic rings. The van der Waals surface area contributed by atoms with E-state index in [9.17, 15) is 0 Å². The van der Waals surface area contributed by atoms with Crippen molar-refractivity contribution in [1.82, 2.24) is 15.0 Å². The highest BCUT2D eigenvalue weighted by Gasteiger charge is 2.10. The molecule has 0 spiro atoms. The molecule has 0 fully saturated rings. The highest BCUT2D eigenvalue weighted by molar-refractivity contribution is 7.15. The van der Waals surface area contributed by atoms with E-state index in [1.165, 1.54) is 11.3 Å². The predicted molar refractivity (Wildman–Crippen MR) is 52.6 cm³/mol. The molecule has 0 atom stereocenters. The van der Waals surface area contributed by atoms with Gasteiger partial charge in [0, 0.05) is 12.4 Å². The average molecular weight is 202 g/mol. The number of thiazole rings is 1. The summed E-state index contributed by atoms with van der Waals surface area (Å²) in [7, 11) is 0. The van der Waals surface area contributed by atoms with Crippen LogP contribution in [0.4, 0.5) is 0 Å². The van der Waals surface area contributed by atoms with Crippen LogP contribution in [-0.2, 0) is 0 Å². The molecule has 0 aromatic carbocycles. The maximum atomic E-state index is 8.68. The van der Waals surface area contributed by atoms with Crippen molar-refractivity contribution in [3.8, 4) is 16.8 Å². The lowest BCUT2D eigenvalue weighted by molar-refractivity contribution is 1.16. The van der Waals surface area contributed by atoms with E-state index in [0.717, 1.165) is 10.6 Å². The summed E-state index contributed by atoms with van der Waals surface area (Å²) in [6, 6.07) is 3.76. The molecular formula is C9H6N4S. The first-order chi connectivity index (χ1) is 6.81. The highest BCUT2D eigenvalue weighted by Crippen LogP contribution is 2.25. The summed E-state index contributed by atoms with van der Waals surface area (Å²) in [5.41, 5.74) is 0.803. The number of aromatic nitrogens is 3. The topological polar surface area (TPSA) is 62.5 Å². The Balaban J connectivity index is 2.53. The Morgan fingerprint density at radius 3 is 2.64 bits per heavy atom. The summed E-state index contributed by atoms with van der Waals surface area (Å²) in [6.07, 6.45) is 3.35. The fourth-order valence-electron chi connectivity index (χ4n) is 1.07. The summed E-state index contributed by atoms with van der Waals surface area (Å²) in [5, 5.41) is 9.13. The van der Waals surface area contributed by atoms with Gasteiger partial charge in [-0.05, 0) is 13.0 Å². The van der Waals surface area contributed by atoms with Crippen molar-refractivity contribution in [3.05, 3.63) is 29.2 Å². The van der Waals surface area contributed by atoms with E-state index in [-0.39, 0.29) is 0 Å². The normalized spacial score (nSPS) is 9.71. The van der Waals surface area contributed by atoms with E-state index < -0.39 is 0 Å². The molecule has 4 nitrogen and oxygen atoms in total. The Bertz CT molecular complexity index is 483. The zero-order valence-corrected chi connectivity index (χ0v) is 8.25. The van der Waals surface area contributed by atoms with Crippen LogP contribution in [0.1, 0.15) is 10.7 Å². The van der Waals surface area contributed by atoms with Gasteiger partial charge in [-0.25, -0.2) is 15.0 Å². The van der Waals surface area contributed by atoms with Crippen molar-refractivity contribution in [3.63, 3.8) is 0 Å². The Kier molecular flexibility index (Phi) is 2.21. The van der Waals surface area contributed by atoms with Gasteiger partial charge in [0.05, 0.1) is 10.6 Å². The first kappa shape index (κ1) is 8.78. The van der Waals surface area contributed by atoms with Crippen molar-refractivity contribution in [2.24, 2.45) is 0 Å². The van der Waals surface area contributed by atoms with Crippen LogP contribution in [0.2, 0.25) is 0 Å². The number of nitrogens with zero attached hydrogens (tertiary/aromatic N) is 4. The summed E-state index contributed by atoms with van der Waals surface area (Å²) in [4.78, 5) is 13.2. The van der Waals surface area contributed by atoms with E-state index in [1.807, 2.05) is 13.0 Å². The summed E-state index contributed by atoms with van der Waals surface area (Å²) >= 11 is 1.32. The molecular weight excluding hydrogens is 196 g/mol. The van der Waals surface area contributed by atoms with Crippen molar-refractivity contribution >= 4 is 11.3 Å². The molecule has 14 heavy (non-hydrogen) atoms. The van der Waals surface area contributed by atoms with Gasteiger partial charge in [-0.3, -0.25) is 0 Å². The molecule has 5 heteroatoms. The Morgan fingerprint density at radius 1 is 1.36 bits per heavy atom. The van der Waals surface area contributed by atoms with Gasteiger partial charge in [-0.2, -0.15) is 5.26 Å². The molecule has 0 radical (unpaired) electrons. The third-order valence-corrected chi connectivity index (χ3v) is 2.72. The first-order valence-electron chi connectivity index (χ1n) is 3.96. The van der Waals surface area contributed by atoms with Gasteiger partial charge in [0.1, 0.15) is 6.07 Å². The maximum Gasteiger partial charge on any atom is 0.195 e. The third kappa shape index (κ3) is 1.47. The largest absolute Gasteiger partial charge is 0.236 e. The van der Waals surface area contributed by atoms with Crippen LogP contribution in [-0.4, -0.2) is 15.0 Å². The van der Waals surface area contributed by atoms with Gasteiger partial charge in [0.2, 0.25) is 0 Å². The second-order valence-electron chi connectivity index (χ2n) is 2.62. The summed E-state index contributed by atoms with van der Waals surface area (Å²) in [6.45, 7) is 1.85. The van der Waals surface area contributed by atoms with Gasteiger partial charge in [-0.1, -0.05) is 11.3 Å². The number of aryl methyl sites for hydroxylation is 1. The van der Waals surface area contributed by atoms with Gasteiger partial charge >= 0.3 is 0 Å². The van der Waals surface area contributed by atoms with Crippen molar-refractivity contribution in [1.29, 1.82) is 5.26 Å². The Morgan fingerprint density at radius 2 is 2.07 bits per heavy atom. The van der Waals surface area contributed by atoms with Crippen LogP contribution in [0.3, 0.4) is 0 Å². The molecule has 2 aromatic heterocycles. The van der Waals surface area contributed by atoms with Crippen molar-refractivity contribution < 1.29 is 0 Å². The van der Waals surface area contributed by atoms with E-state index in [1.54, 1.807) is 18.5 Å². The van der Waals surface area contributed by atoms with Crippen LogP contribution < -0.4 is 0 Å². The fraction of sp³-hybridized carbons (Fsp3) is 0.111. The minimum Gasteiger partial charge on any atom is -0.236 e. The lowest BCUT2D eigenvalue weighted by Gasteiger charge is -1.93. The Hall–Kier alpha value is -1.80. The molecule has 0 aliphatic heterocycles. The van der Waals surface area contributed by atoms with E-state index >= 15 is 0 Å². The molecule has 0 saturated heterocycles. The standard InChI is InChI=1S/C9H6N4S/c1-6-8(14-7(5-10)13-6)9-11-3-2-4-12-9/h2-4H,1H3. The first-order valence-corrected chi connectivity index (χ1v) is 4.78. The van der Waals surface area contributed by atoms with Crippen LogP contribution in [0.15, 0.2) is 18.5 Å². The van der Waals surface area contributed by atoms with Crippen LogP contribution in [0, 0.1) is 18.3 Å². The third-order valence-electron chi connectivity index (χ3n) is 1.66. The molecule has 2 rings (SSSR count). The van der Waals surface area contributed by atoms with E-state index in [0.29, 0.717) is 10.8 Å². The molecule has 0 bridgehead atoms. The molecule has 2 aromatic rings. The second kappa shape index (κ2) is 3.52. The SMILES string of the molecule is Cc1nc(C#N)sc1-c1ncccn1. The predicted octanol–water partition coefficient (Wildman–Crippen LogP) is 1.78. The van der Waals surface area contributed by atoms with E-state index in [2.05, 4.69) is 15.0 Å². The van der Waals surface area contributed by atoms with Crippen molar-refractivity contribution in [2.45, 2.75) is 6.92 Å². The lowest BCUT2D eigenvalue weighted by atomic mass is 10.4. The smallest absolute Gasteiger partial charge is 0.195 e. The second-order valence-corrected chi connectivity index (χ2v) is 3.62. The summed E-state index contributed by atoms with van der Waals surface area (Å²) < 4.78 is 0. The van der Waals surface area contributed by atoms with Gasteiger partial charge in [-0.15, -0.1) is 0 Å². The lowest BCUT2D eigenvalue weighted by Crippen LogP contribution is -1.85. The van der Waals surface area contributed by atoms with Crippen LogP contribution in [0.25, 0.3) is 10.7 Å². The molecule has 0 saturated carbocycles. The zero-order chi connectivity index (χ0) is 9.97. The quantitative estimate of drug-likeness (QED) is 0.707. The van der Waals surface area contributed by atoms with Crippen molar-refractivity contribution in [2.75, 3.05) is 0 Å². The van der Waals surface area contributed by atoms with Gasteiger partial charge < -0.3 is 0 Å². The number of hydrogen-bond acceptors (Lipinski definition) is 5. The molecule has 0 N–H and O–H groups in total. The minimum atomic E-state index is 0.449. The molecule has 0 unspecified atom stereocenters. The van der Waals surface area contributed by atoms with Gasteiger partial charge in [0.25, 0.3) is 0 Å². The maximum absolute atomic E-state index is 8.68. The minimum absolute atomic E-state index is 0.449. The molecule has 0 aliphatic carbocycles. The highest BCUT2D eigenvalue weighted by atomic mass is 32.1.